The molecule has 0 aliphatic carbocycles. The summed E-state index contributed by atoms with van der Waals surface area (Å²) < 4.78 is 0. The highest BCUT2D eigenvalue weighted by Crippen LogP contribution is 2.25. The molecule has 0 atom stereocenters. The first-order valence-corrected chi connectivity index (χ1v) is 7.65. The lowest BCUT2D eigenvalue weighted by molar-refractivity contribution is 0.102. The Morgan fingerprint density at radius 3 is 2.46 bits per heavy atom. The Kier molecular flexibility index (Phi) is 4.40. The van der Waals surface area contributed by atoms with Crippen molar-refractivity contribution in [3.8, 4) is 17.2 Å². The zero-order chi connectivity index (χ0) is 16.9. The zero-order valence-corrected chi connectivity index (χ0v) is 13.3. The molecule has 1 amide bonds. The second kappa shape index (κ2) is 6.80. The zero-order valence-electron chi connectivity index (χ0n) is 13.3. The summed E-state index contributed by atoms with van der Waals surface area (Å²) in [5, 5.41) is 11.9. The maximum absolute atomic E-state index is 12.5. The average Bonchev–Trinajstić information content (AvgIpc) is 2.64. The molecule has 24 heavy (non-hydrogen) atoms. The minimum atomic E-state index is -0.222. The first-order valence-electron chi connectivity index (χ1n) is 7.65. The van der Waals surface area contributed by atoms with Gasteiger partial charge in [0, 0.05) is 11.3 Å². The number of amides is 1. The molecule has 0 bridgehead atoms. The maximum Gasteiger partial charge on any atom is 0.255 e. The highest BCUT2D eigenvalue weighted by Gasteiger charge is 2.09. The Balaban J connectivity index is 1.89. The van der Waals surface area contributed by atoms with Gasteiger partial charge in [-0.05, 0) is 47.9 Å². The van der Waals surface area contributed by atoms with E-state index in [2.05, 4.69) is 5.32 Å². The Labute approximate surface area is 141 Å². The second-order valence-electron chi connectivity index (χ2n) is 5.54. The highest BCUT2D eigenvalue weighted by molar-refractivity contribution is 6.05. The van der Waals surface area contributed by atoms with E-state index in [4.69, 9.17) is 5.26 Å². The summed E-state index contributed by atoms with van der Waals surface area (Å²) in [6.45, 7) is 1.95. The quantitative estimate of drug-likeness (QED) is 0.756. The van der Waals surface area contributed by atoms with Crippen LogP contribution in [0.5, 0.6) is 0 Å². The highest BCUT2D eigenvalue weighted by atomic mass is 16.1. The summed E-state index contributed by atoms with van der Waals surface area (Å²) in [5.74, 6) is -0.222. The molecule has 3 aromatic rings. The third-order valence-electron chi connectivity index (χ3n) is 3.85. The predicted octanol–water partition coefficient (Wildman–Crippen LogP) is 4.79. The standard InChI is InChI=1S/C21H16N2O/c1-15-10-11-18(17-7-3-2-4-8-17)13-20(15)23-21(24)19-9-5-6-16(12-19)14-22/h2-13H,1H3,(H,23,24). The Morgan fingerprint density at radius 2 is 1.71 bits per heavy atom. The van der Waals surface area contributed by atoms with Crippen LogP contribution in [0, 0.1) is 18.3 Å². The number of nitrogens with zero attached hydrogens (tertiary/aromatic N) is 1. The summed E-state index contributed by atoms with van der Waals surface area (Å²) >= 11 is 0. The molecule has 3 aromatic carbocycles. The fourth-order valence-electron chi connectivity index (χ4n) is 2.49. The smallest absolute Gasteiger partial charge is 0.255 e. The third kappa shape index (κ3) is 3.34. The van der Waals surface area contributed by atoms with Gasteiger partial charge in [0.2, 0.25) is 0 Å². The Bertz CT molecular complexity index is 924. The van der Waals surface area contributed by atoms with Crippen LogP contribution in [0.2, 0.25) is 0 Å². The number of nitrogens with one attached hydrogen (secondary N) is 1. The number of anilines is 1. The molecule has 1 N–H and O–H groups in total. The van der Waals surface area contributed by atoms with Crippen molar-refractivity contribution in [2.75, 3.05) is 5.32 Å². The number of nitriles is 1. The molecule has 0 saturated heterocycles. The molecule has 0 heterocycles. The van der Waals surface area contributed by atoms with E-state index in [0.717, 1.165) is 22.4 Å². The van der Waals surface area contributed by atoms with Crippen LogP contribution < -0.4 is 5.32 Å². The molecule has 0 aromatic heterocycles. The van der Waals surface area contributed by atoms with Gasteiger partial charge >= 0.3 is 0 Å². The van der Waals surface area contributed by atoms with Gasteiger partial charge in [0.05, 0.1) is 11.6 Å². The van der Waals surface area contributed by atoms with Gasteiger partial charge in [0.15, 0.2) is 0 Å². The molecule has 0 unspecified atom stereocenters. The van der Waals surface area contributed by atoms with Gasteiger partial charge < -0.3 is 5.32 Å². The summed E-state index contributed by atoms with van der Waals surface area (Å²) in [6.07, 6.45) is 0. The van der Waals surface area contributed by atoms with Crippen molar-refractivity contribution >= 4 is 11.6 Å². The lowest BCUT2D eigenvalue weighted by atomic mass is 10.0. The van der Waals surface area contributed by atoms with E-state index in [1.165, 1.54) is 0 Å². The van der Waals surface area contributed by atoms with Crippen LogP contribution in [0.15, 0.2) is 72.8 Å². The Hall–Kier alpha value is -3.38. The van der Waals surface area contributed by atoms with Crippen LogP contribution in [0.25, 0.3) is 11.1 Å². The largest absolute Gasteiger partial charge is 0.322 e. The van der Waals surface area contributed by atoms with E-state index in [0.29, 0.717) is 11.1 Å². The molecule has 0 aliphatic heterocycles. The van der Waals surface area contributed by atoms with Crippen LogP contribution in [-0.2, 0) is 0 Å². The van der Waals surface area contributed by atoms with E-state index in [-0.39, 0.29) is 5.91 Å². The molecular formula is C21H16N2O. The fraction of sp³-hybridized carbons (Fsp3) is 0.0476. The van der Waals surface area contributed by atoms with Crippen LogP contribution in [0.3, 0.4) is 0 Å². The van der Waals surface area contributed by atoms with Crippen LogP contribution in [0.1, 0.15) is 21.5 Å². The lowest BCUT2D eigenvalue weighted by Gasteiger charge is -2.11. The van der Waals surface area contributed by atoms with Crippen molar-refractivity contribution in [1.82, 2.24) is 0 Å². The monoisotopic (exact) mass is 312 g/mol. The Morgan fingerprint density at radius 1 is 0.917 bits per heavy atom. The van der Waals surface area contributed by atoms with Gasteiger partial charge in [0.25, 0.3) is 5.91 Å². The van der Waals surface area contributed by atoms with Crippen molar-refractivity contribution in [3.05, 3.63) is 89.5 Å². The van der Waals surface area contributed by atoms with Crippen LogP contribution in [-0.4, -0.2) is 5.91 Å². The van der Waals surface area contributed by atoms with Gasteiger partial charge in [-0.1, -0.05) is 48.5 Å². The van der Waals surface area contributed by atoms with E-state index < -0.39 is 0 Å². The van der Waals surface area contributed by atoms with Crippen molar-refractivity contribution < 1.29 is 4.79 Å². The van der Waals surface area contributed by atoms with Gasteiger partial charge in [-0.15, -0.1) is 0 Å². The fourth-order valence-corrected chi connectivity index (χ4v) is 2.49. The van der Waals surface area contributed by atoms with Crippen molar-refractivity contribution in [2.24, 2.45) is 0 Å². The van der Waals surface area contributed by atoms with E-state index in [1.807, 2.05) is 61.5 Å². The predicted molar refractivity (Wildman–Crippen MR) is 95.7 cm³/mol. The average molecular weight is 312 g/mol. The van der Waals surface area contributed by atoms with Crippen LogP contribution in [0.4, 0.5) is 5.69 Å². The number of aryl methyl sites for hydroxylation is 1. The summed E-state index contributed by atoms with van der Waals surface area (Å²) in [7, 11) is 0. The maximum atomic E-state index is 12.5. The minimum Gasteiger partial charge on any atom is -0.322 e. The van der Waals surface area contributed by atoms with E-state index in [1.54, 1.807) is 24.3 Å². The number of rotatable bonds is 3. The summed E-state index contributed by atoms with van der Waals surface area (Å²) in [4.78, 5) is 12.5. The third-order valence-corrected chi connectivity index (χ3v) is 3.85. The molecule has 0 fully saturated rings. The number of benzene rings is 3. The number of carbonyl (C=O) groups excluding carboxylic acids is 1. The van der Waals surface area contributed by atoms with Crippen molar-refractivity contribution in [2.45, 2.75) is 6.92 Å². The molecule has 0 saturated carbocycles. The number of hydrogen-bond acceptors (Lipinski definition) is 2. The van der Waals surface area contributed by atoms with Gasteiger partial charge in [-0.2, -0.15) is 5.26 Å². The molecule has 116 valence electrons. The minimum absolute atomic E-state index is 0.222. The molecule has 3 heteroatoms. The number of carbonyl (C=O) groups is 1. The van der Waals surface area contributed by atoms with Gasteiger partial charge in [-0.3, -0.25) is 4.79 Å². The molecule has 0 radical (unpaired) electrons. The molecular weight excluding hydrogens is 296 g/mol. The normalized spacial score (nSPS) is 10.0. The van der Waals surface area contributed by atoms with Crippen molar-refractivity contribution in [1.29, 1.82) is 5.26 Å². The van der Waals surface area contributed by atoms with Crippen molar-refractivity contribution in [3.63, 3.8) is 0 Å². The van der Waals surface area contributed by atoms with Crippen LogP contribution >= 0.6 is 0 Å². The summed E-state index contributed by atoms with van der Waals surface area (Å²) in [6, 6.07) is 24.7. The summed E-state index contributed by atoms with van der Waals surface area (Å²) in [5.41, 5.74) is 4.83. The van der Waals surface area contributed by atoms with E-state index in [9.17, 15) is 4.79 Å². The second-order valence-corrected chi connectivity index (χ2v) is 5.54. The van der Waals surface area contributed by atoms with E-state index >= 15 is 0 Å². The van der Waals surface area contributed by atoms with Gasteiger partial charge in [0.1, 0.15) is 0 Å². The molecule has 3 nitrogen and oxygen atoms in total. The SMILES string of the molecule is Cc1ccc(-c2ccccc2)cc1NC(=O)c1cccc(C#N)c1. The van der Waals surface area contributed by atoms with Gasteiger partial charge in [-0.25, -0.2) is 0 Å². The topological polar surface area (TPSA) is 52.9 Å². The first-order chi connectivity index (χ1) is 11.7. The number of hydrogen-bond donors (Lipinski definition) is 1. The first kappa shape index (κ1) is 15.5. The lowest BCUT2D eigenvalue weighted by Crippen LogP contribution is -2.13. The molecule has 0 spiro atoms. The molecule has 0 aliphatic rings. The molecule has 3 rings (SSSR count).